The van der Waals surface area contributed by atoms with Crippen LogP contribution in [0.3, 0.4) is 0 Å². The van der Waals surface area contributed by atoms with E-state index in [0.717, 1.165) is 31.5 Å². The van der Waals surface area contributed by atoms with Crippen LogP contribution in [0.2, 0.25) is 0 Å². The summed E-state index contributed by atoms with van der Waals surface area (Å²) in [4.78, 5) is 16.1. The van der Waals surface area contributed by atoms with E-state index < -0.39 is 0 Å². The number of hydrogen-bond donors (Lipinski definition) is 1. The van der Waals surface area contributed by atoms with Gasteiger partial charge >= 0.3 is 0 Å². The van der Waals surface area contributed by atoms with Crippen LogP contribution in [0.15, 0.2) is 36.5 Å². The van der Waals surface area contributed by atoms with Gasteiger partial charge in [-0.05, 0) is 38.3 Å². The van der Waals surface area contributed by atoms with Crippen LogP contribution >= 0.6 is 12.4 Å². The number of rotatable bonds is 3. The molecular weight excluding hydrogens is 314 g/mol. The third kappa shape index (κ3) is 3.71. The first kappa shape index (κ1) is 17.4. The van der Waals surface area contributed by atoms with Crippen LogP contribution < -0.4 is 5.73 Å². The molecule has 3 rings (SSSR count). The molecule has 2 N–H and O–H groups in total. The normalized spacial score (nSPS) is 19.0. The van der Waals surface area contributed by atoms with Gasteiger partial charge in [-0.1, -0.05) is 18.2 Å². The fourth-order valence-corrected chi connectivity index (χ4v) is 2.95. The van der Waals surface area contributed by atoms with Gasteiger partial charge in [0.25, 0.3) is 5.91 Å². The molecule has 1 aliphatic heterocycles. The molecule has 1 aromatic carbocycles. The number of amides is 1. The van der Waals surface area contributed by atoms with Gasteiger partial charge in [-0.3, -0.25) is 4.79 Å². The van der Waals surface area contributed by atoms with Crippen molar-refractivity contribution in [2.24, 2.45) is 5.73 Å². The fraction of sp³-hybridized carbons (Fsp3) is 0.438. The molecule has 2 atom stereocenters. The van der Waals surface area contributed by atoms with E-state index >= 15 is 0 Å². The van der Waals surface area contributed by atoms with Gasteiger partial charge in [0.1, 0.15) is 0 Å². The van der Waals surface area contributed by atoms with Crippen molar-refractivity contribution in [3.63, 3.8) is 0 Å². The van der Waals surface area contributed by atoms with Gasteiger partial charge in [-0.2, -0.15) is 9.90 Å². The summed E-state index contributed by atoms with van der Waals surface area (Å²) in [5, 5.41) is 8.52. The summed E-state index contributed by atoms with van der Waals surface area (Å²) < 4.78 is 0. The van der Waals surface area contributed by atoms with Crippen LogP contribution in [0.25, 0.3) is 5.69 Å². The van der Waals surface area contributed by atoms with Crippen LogP contribution in [-0.2, 0) is 0 Å². The Morgan fingerprint density at radius 2 is 2.04 bits per heavy atom. The summed E-state index contributed by atoms with van der Waals surface area (Å²) in [6.07, 6.45) is 4.62. The molecule has 124 valence electrons. The lowest BCUT2D eigenvalue weighted by Gasteiger charge is -2.37. The van der Waals surface area contributed by atoms with E-state index in [1.165, 1.54) is 11.0 Å². The largest absolute Gasteiger partial charge is 0.333 e. The van der Waals surface area contributed by atoms with E-state index in [4.69, 9.17) is 5.73 Å². The summed E-state index contributed by atoms with van der Waals surface area (Å²) in [6, 6.07) is 9.62. The number of carbonyl (C=O) groups excluding carboxylic acids is 1. The zero-order chi connectivity index (χ0) is 15.5. The highest BCUT2D eigenvalue weighted by Crippen LogP contribution is 2.21. The Hall–Kier alpha value is -1.92. The predicted molar refractivity (Wildman–Crippen MR) is 90.9 cm³/mol. The van der Waals surface area contributed by atoms with Gasteiger partial charge in [0.05, 0.1) is 11.9 Å². The molecule has 2 unspecified atom stereocenters. The van der Waals surface area contributed by atoms with Crippen molar-refractivity contribution in [3.8, 4) is 5.69 Å². The third-order valence-electron chi connectivity index (χ3n) is 4.12. The lowest BCUT2D eigenvalue weighted by Crippen LogP contribution is -2.51. The number of nitrogens with two attached hydrogens (primary N) is 1. The Kier molecular flexibility index (Phi) is 5.74. The summed E-state index contributed by atoms with van der Waals surface area (Å²) >= 11 is 0. The Labute approximate surface area is 142 Å². The molecule has 0 radical (unpaired) electrons. The van der Waals surface area contributed by atoms with Crippen molar-refractivity contribution in [1.29, 1.82) is 0 Å². The molecule has 6 nitrogen and oxygen atoms in total. The molecule has 0 aliphatic carbocycles. The lowest BCUT2D eigenvalue weighted by molar-refractivity contribution is 0.0577. The van der Waals surface area contributed by atoms with Gasteiger partial charge in [-0.25, -0.2) is 0 Å². The Balaban J connectivity index is 0.00000192. The number of likely N-dealkylation sites (tertiary alicyclic amines) is 1. The molecule has 1 aliphatic rings. The average molecular weight is 336 g/mol. The first-order chi connectivity index (χ1) is 10.7. The van der Waals surface area contributed by atoms with Gasteiger partial charge in [0.15, 0.2) is 5.69 Å². The second-order valence-corrected chi connectivity index (χ2v) is 5.78. The maximum Gasteiger partial charge on any atom is 0.276 e. The minimum absolute atomic E-state index is 0. The van der Waals surface area contributed by atoms with E-state index in [-0.39, 0.29) is 30.4 Å². The maximum absolute atomic E-state index is 12.7. The van der Waals surface area contributed by atoms with Crippen molar-refractivity contribution in [3.05, 3.63) is 42.2 Å². The molecule has 2 aromatic rings. The molecule has 1 fully saturated rings. The minimum atomic E-state index is -0.0795. The Morgan fingerprint density at radius 3 is 2.74 bits per heavy atom. The van der Waals surface area contributed by atoms with Crippen molar-refractivity contribution in [1.82, 2.24) is 19.9 Å². The highest BCUT2D eigenvalue weighted by Gasteiger charge is 2.31. The number of halogens is 1. The first-order valence-corrected chi connectivity index (χ1v) is 7.71. The Bertz CT molecular complexity index is 643. The molecule has 23 heavy (non-hydrogen) atoms. The van der Waals surface area contributed by atoms with Crippen LogP contribution in [0.4, 0.5) is 0 Å². The highest BCUT2D eigenvalue weighted by atomic mass is 35.5. The van der Waals surface area contributed by atoms with Gasteiger partial charge in [0, 0.05) is 18.6 Å². The Morgan fingerprint density at radius 1 is 1.30 bits per heavy atom. The molecule has 1 aromatic heterocycles. The summed E-state index contributed by atoms with van der Waals surface area (Å²) in [7, 11) is 0. The molecule has 0 spiro atoms. The van der Waals surface area contributed by atoms with Crippen LogP contribution in [0, 0.1) is 0 Å². The topological polar surface area (TPSA) is 77.0 Å². The first-order valence-electron chi connectivity index (χ1n) is 7.71. The smallest absolute Gasteiger partial charge is 0.276 e. The molecular formula is C16H22ClN5O. The number of nitrogens with zero attached hydrogens (tertiary/aromatic N) is 4. The SMILES string of the molecule is CC(N)C1CCCCN1C(=O)c1cnn(-c2ccccc2)n1.Cl. The minimum Gasteiger partial charge on any atom is -0.333 e. The fourth-order valence-electron chi connectivity index (χ4n) is 2.95. The van der Waals surface area contributed by atoms with E-state index in [0.29, 0.717) is 5.69 Å². The maximum atomic E-state index is 12.7. The van der Waals surface area contributed by atoms with Crippen molar-refractivity contribution < 1.29 is 4.79 Å². The van der Waals surface area contributed by atoms with E-state index in [9.17, 15) is 4.79 Å². The highest BCUT2D eigenvalue weighted by molar-refractivity contribution is 5.92. The standard InChI is InChI=1S/C16H21N5O.ClH/c1-12(17)15-9-5-6-10-20(15)16(22)14-11-18-21(19-14)13-7-3-2-4-8-13;/h2-4,7-8,11-12,15H,5-6,9-10,17H2,1H3;1H. The van der Waals surface area contributed by atoms with Crippen molar-refractivity contribution in [2.75, 3.05) is 6.54 Å². The third-order valence-corrected chi connectivity index (χ3v) is 4.12. The van der Waals surface area contributed by atoms with Crippen molar-refractivity contribution >= 4 is 18.3 Å². The molecule has 7 heteroatoms. The quantitative estimate of drug-likeness (QED) is 0.931. The molecule has 0 saturated carbocycles. The van der Waals surface area contributed by atoms with Crippen LogP contribution in [0.1, 0.15) is 36.7 Å². The number of carbonyl (C=O) groups is 1. The van der Waals surface area contributed by atoms with E-state index in [1.807, 2.05) is 42.2 Å². The number of hydrogen-bond acceptors (Lipinski definition) is 4. The molecule has 1 saturated heterocycles. The van der Waals surface area contributed by atoms with Gasteiger partial charge in [0.2, 0.25) is 0 Å². The predicted octanol–water partition coefficient (Wildman–Crippen LogP) is 2.03. The molecule has 2 heterocycles. The average Bonchev–Trinajstić information content (AvgIpc) is 3.05. The summed E-state index contributed by atoms with van der Waals surface area (Å²) in [6.45, 7) is 2.69. The second kappa shape index (κ2) is 7.57. The zero-order valence-corrected chi connectivity index (χ0v) is 13.9. The monoisotopic (exact) mass is 335 g/mol. The van der Waals surface area contributed by atoms with Gasteiger partial charge in [-0.15, -0.1) is 17.5 Å². The van der Waals surface area contributed by atoms with Crippen molar-refractivity contribution in [2.45, 2.75) is 38.3 Å². The van der Waals surface area contributed by atoms with E-state index in [1.54, 1.807) is 0 Å². The van der Waals surface area contributed by atoms with Crippen LogP contribution in [0.5, 0.6) is 0 Å². The number of para-hydroxylation sites is 1. The summed E-state index contributed by atoms with van der Waals surface area (Å²) in [5.74, 6) is -0.0795. The zero-order valence-electron chi connectivity index (χ0n) is 13.1. The van der Waals surface area contributed by atoms with Gasteiger partial charge < -0.3 is 10.6 Å². The second-order valence-electron chi connectivity index (χ2n) is 5.78. The van der Waals surface area contributed by atoms with E-state index in [2.05, 4.69) is 10.2 Å². The number of piperidine rings is 1. The number of benzene rings is 1. The molecule has 1 amide bonds. The molecule has 0 bridgehead atoms. The lowest BCUT2D eigenvalue weighted by atomic mass is 9.96. The summed E-state index contributed by atoms with van der Waals surface area (Å²) in [5.41, 5.74) is 7.24. The number of aromatic nitrogens is 3. The van der Waals surface area contributed by atoms with Crippen LogP contribution in [-0.4, -0.2) is 44.4 Å².